The lowest BCUT2D eigenvalue weighted by Gasteiger charge is -2.32. The second kappa shape index (κ2) is 7.73. The minimum absolute atomic E-state index is 0.106. The Hall–Kier alpha value is -2.96. The highest BCUT2D eigenvalue weighted by Crippen LogP contribution is 2.29. The molecule has 1 aromatic heterocycles. The molecule has 1 fully saturated rings. The third-order valence-electron chi connectivity index (χ3n) is 4.58. The van der Waals surface area contributed by atoms with Crippen LogP contribution < -0.4 is 0 Å². The molecule has 0 bridgehead atoms. The van der Waals surface area contributed by atoms with Crippen LogP contribution in [0.3, 0.4) is 0 Å². The van der Waals surface area contributed by atoms with Crippen LogP contribution in [0.15, 0.2) is 65.2 Å². The summed E-state index contributed by atoms with van der Waals surface area (Å²) in [4.78, 5) is 19.1. The van der Waals surface area contributed by atoms with Crippen LogP contribution in [-0.2, 0) is 4.74 Å². The Kier molecular flexibility index (Phi) is 5.00. The van der Waals surface area contributed by atoms with Crippen molar-refractivity contribution in [3.63, 3.8) is 0 Å². The molecule has 0 spiro atoms. The highest BCUT2D eigenvalue weighted by molar-refractivity contribution is 6.00. The highest BCUT2D eigenvalue weighted by atomic mass is 16.5. The molecule has 1 aliphatic heterocycles. The maximum absolute atomic E-state index is 13.1. The average Bonchev–Trinajstić information content (AvgIpc) is 3.24. The number of ether oxygens (including phenoxy) is 1. The first-order valence-electron chi connectivity index (χ1n) is 8.88. The second-order valence-electron chi connectivity index (χ2n) is 6.37. The van der Waals surface area contributed by atoms with Gasteiger partial charge in [0, 0.05) is 24.2 Å². The van der Waals surface area contributed by atoms with Gasteiger partial charge >= 0.3 is 0 Å². The van der Waals surface area contributed by atoms with Crippen LogP contribution >= 0.6 is 0 Å². The minimum atomic E-state index is -0.346. The van der Waals surface area contributed by atoms with Crippen molar-refractivity contribution in [2.75, 3.05) is 26.3 Å². The Balaban J connectivity index is 1.64. The first-order chi connectivity index (χ1) is 13.3. The van der Waals surface area contributed by atoms with Crippen molar-refractivity contribution in [3.05, 3.63) is 66.4 Å². The van der Waals surface area contributed by atoms with Gasteiger partial charge in [0.25, 0.3) is 5.91 Å². The van der Waals surface area contributed by atoms with Crippen LogP contribution in [0.25, 0.3) is 22.8 Å². The van der Waals surface area contributed by atoms with Crippen LogP contribution in [0.5, 0.6) is 0 Å². The van der Waals surface area contributed by atoms with Gasteiger partial charge in [-0.2, -0.15) is 0 Å². The number of hydrogen-bond acceptors (Lipinski definition) is 5. The Morgan fingerprint density at radius 1 is 1.15 bits per heavy atom. The molecule has 0 saturated carbocycles. The smallest absolute Gasteiger partial charge is 0.254 e. The van der Waals surface area contributed by atoms with Crippen LogP contribution in [0.2, 0.25) is 0 Å². The summed E-state index contributed by atoms with van der Waals surface area (Å²) in [6.45, 7) is 1.16. The zero-order valence-electron chi connectivity index (χ0n) is 14.7. The third-order valence-corrected chi connectivity index (χ3v) is 4.58. The molecule has 138 valence electrons. The summed E-state index contributed by atoms with van der Waals surface area (Å²) in [6.07, 6.45) is 1.32. The van der Waals surface area contributed by atoms with E-state index < -0.39 is 0 Å². The average molecular weight is 364 g/mol. The van der Waals surface area contributed by atoms with Gasteiger partial charge in [-0.3, -0.25) is 4.79 Å². The summed E-state index contributed by atoms with van der Waals surface area (Å²) in [5.41, 5.74) is 2.10. The van der Waals surface area contributed by atoms with E-state index in [-0.39, 0.29) is 18.6 Å². The molecule has 1 unspecified atom stereocenters. The first-order valence-corrected chi connectivity index (χ1v) is 8.88. The minimum Gasteiger partial charge on any atom is -0.436 e. The zero-order valence-corrected chi connectivity index (χ0v) is 14.7. The van der Waals surface area contributed by atoms with Gasteiger partial charge < -0.3 is 19.2 Å². The number of morpholine rings is 1. The normalized spacial score (nSPS) is 17.1. The Morgan fingerprint density at radius 2 is 1.93 bits per heavy atom. The summed E-state index contributed by atoms with van der Waals surface area (Å²) in [6, 6.07) is 17.0. The van der Waals surface area contributed by atoms with Crippen molar-refractivity contribution in [3.8, 4) is 22.8 Å². The van der Waals surface area contributed by atoms with Gasteiger partial charge in [-0.25, -0.2) is 4.98 Å². The van der Waals surface area contributed by atoms with Crippen molar-refractivity contribution in [2.45, 2.75) is 6.10 Å². The third kappa shape index (κ3) is 3.63. The Bertz CT molecular complexity index is 923. The SMILES string of the molecule is O=C(c1ccccc1-c1ncc(-c2ccccc2)o1)N1CCOC(CO)C1. The molecule has 2 heterocycles. The van der Waals surface area contributed by atoms with Crippen LogP contribution in [0, 0.1) is 0 Å². The van der Waals surface area contributed by atoms with Gasteiger partial charge in [0.1, 0.15) is 0 Å². The van der Waals surface area contributed by atoms with E-state index in [4.69, 9.17) is 9.15 Å². The second-order valence-corrected chi connectivity index (χ2v) is 6.37. The number of aliphatic hydroxyl groups excluding tert-OH is 1. The number of amides is 1. The van der Waals surface area contributed by atoms with Gasteiger partial charge in [-0.15, -0.1) is 0 Å². The molecule has 4 rings (SSSR count). The summed E-state index contributed by atoms with van der Waals surface area (Å²) in [5, 5.41) is 9.32. The topological polar surface area (TPSA) is 75.8 Å². The molecule has 1 saturated heterocycles. The van der Waals surface area contributed by atoms with Crippen LogP contribution in [0.4, 0.5) is 0 Å². The molecular weight excluding hydrogens is 344 g/mol. The monoisotopic (exact) mass is 364 g/mol. The van der Waals surface area contributed by atoms with Crippen molar-refractivity contribution in [1.29, 1.82) is 0 Å². The number of rotatable bonds is 4. The number of aliphatic hydroxyl groups is 1. The molecule has 1 atom stereocenters. The van der Waals surface area contributed by atoms with Gasteiger partial charge in [0.15, 0.2) is 5.76 Å². The largest absolute Gasteiger partial charge is 0.436 e. The molecule has 6 heteroatoms. The predicted molar refractivity (Wildman–Crippen MR) is 100 cm³/mol. The summed E-state index contributed by atoms with van der Waals surface area (Å²) in [5.74, 6) is 0.941. The molecular formula is C21H20N2O4. The van der Waals surface area contributed by atoms with Gasteiger partial charge in [-0.1, -0.05) is 42.5 Å². The molecule has 3 aromatic rings. The van der Waals surface area contributed by atoms with Gasteiger partial charge in [0.2, 0.25) is 5.89 Å². The zero-order chi connectivity index (χ0) is 18.6. The molecule has 27 heavy (non-hydrogen) atoms. The Morgan fingerprint density at radius 3 is 2.74 bits per heavy atom. The van der Waals surface area contributed by atoms with E-state index in [0.29, 0.717) is 42.5 Å². The van der Waals surface area contributed by atoms with E-state index in [1.165, 1.54) is 0 Å². The van der Waals surface area contributed by atoms with Crippen LogP contribution in [-0.4, -0.2) is 53.3 Å². The predicted octanol–water partition coefficient (Wildman–Crippen LogP) is 2.84. The quantitative estimate of drug-likeness (QED) is 0.770. The number of nitrogens with zero attached hydrogens (tertiary/aromatic N) is 2. The highest BCUT2D eigenvalue weighted by Gasteiger charge is 2.27. The van der Waals surface area contributed by atoms with E-state index in [1.54, 1.807) is 17.2 Å². The molecule has 0 aliphatic carbocycles. The number of benzene rings is 2. The number of carbonyl (C=O) groups is 1. The number of oxazole rings is 1. The van der Waals surface area contributed by atoms with E-state index in [0.717, 1.165) is 5.56 Å². The van der Waals surface area contributed by atoms with E-state index in [2.05, 4.69) is 4.98 Å². The lowest BCUT2D eigenvalue weighted by atomic mass is 10.1. The maximum Gasteiger partial charge on any atom is 0.254 e. The number of hydrogen-bond donors (Lipinski definition) is 1. The fourth-order valence-electron chi connectivity index (χ4n) is 3.18. The molecule has 6 nitrogen and oxygen atoms in total. The number of carbonyl (C=O) groups excluding carboxylic acids is 1. The fraction of sp³-hybridized carbons (Fsp3) is 0.238. The van der Waals surface area contributed by atoms with E-state index in [1.807, 2.05) is 48.5 Å². The number of aromatic nitrogens is 1. The fourth-order valence-corrected chi connectivity index (χ4v) is 3.18. The van der Waals surface area contributed by atoms with Gasteiger partial charge in [0.05, 0.1) is 31.1 Å². The molecule has 2 aromatic carbocycles. The van der Waals surface area contributed by atoms with Gasteiger partial charge in [-0.05, 0) is 12.1 Å². The maximum atomic E-state index is 13.1. The first kappa shape index (κ1) is 17.5. The molecule has 1 amide bonds. The summed E-state index contributed by atoms with van der Waals surface area (Å²) < 4.78 is 11.4. The van der Waals surface area contributed by atoms with E-state index >= 15 is 0 Å². The van der Waals surface area contributed by atoms with Crippen molar-refractivity contribution in [1.82, 2.24) is 9.88 Å². The molecule has 0 radical (unpaired) electrons. The van der Waals surface area contributed by atoms with Crippen LogP contribution in [0.1, 0.15) is 10.4 Å². The summed E-state index contributed by atoms with van der Waals surface area (Å²) >= 11 is 0. The van der Waals surface area contributed by atoms with Crippen molar-refractivity contribution in [2.24, 2.45) is 0 Å². The lowest BCUT2D eigenvalue weighted by Crippen LogP contribution is -2.47. The van der Waals surface area contributed by atoms with Crippen molar-refractivity contribution < 1.29 is 19.1 Å². The standard InChI is InChI=1S/C21H20N2O4/c24-14-16-13-23(10-11-26-16)21(25)18-9-5-4-8-17(18)20-22-12-19(27-20)15-6-2-1-3-7-15/h1-9,12,16,24H,10-11,13-14H2. The molecule has 1 aliphatic rings. The molecule has 1 N–H and O–H groups in total. The Labute approximate surface area is 157 Å². The van der Waals surface area contributed by atoms with E-state index in [9.17, 15) is 9.90 Å². The van der Waals surface area contributed by atoms with Crippen molar-refractivity contribution >= 4 is 5.91 Å². The lowest BCUT2D eigenvalue weighted by molar-refractivity contribution is -0.0447. The summed E-state index contributed by atoms with van der Waals surface area (Å²) in [7, 11) is 0.